The lowest BCUT2D eigenvalue weighted by molar-refractivity contribution is -0.117. The number of anilines is 1. The lowest BCUT2D eigenvalue weighted by Crippen LogP contribution is -2.30. The van der Waals surface area contributed by atoms with Gasteiger partial charge in [-0.2, -0.15) is 0 Å². The molecule has 1 fully saturated rings. The highest BCUT2D eigenvalue weighted by Crippen LogP contribution is 2.35. The van der Waals surface area contributed by atoms with Gasteiger partial charge in [0.15, 0.2) is 0 Å². The minimum absolute atomic E-state index is 0.0439. The zero-order valence-electron chi connectivity index (χ0n) is 22.0. The largest absolute Gasteiger partial charge is 0.477 e. The second kappa shape index (κ2) is 10.5. The van der Waals surface area contributed by atoms with Crippen molar-refractivity contribution in [2.75, 3.05) is 18.1 Å². The van der Waals surface area contributed by atoms with Crippen molar-refractivity contribution in [2.24, 2.45) is 5.41 Å². The number of halogens is 2. The number of benzene rings is 2. The van der Waals surface area contributed by atoms with Gasteiger partial charge in [0.25, 0.3) is 0 Å². The number of carboxylic acid groups (broad SMARTS) is 1. The Morgan fingerprint density at radius 2 is 1.84 bits per heavy atom. The molecule has 38 heavy (non-hydrogen) atoms. The molecule has 1 unspecified atom stereocenters. The van der Waals surface area contributed by atoms with Gasteiger partial charge in [-0.25, -0.2) is 9.18 Å². The van der Waals surface area contributed by atoms with Crippen molar-refractivity contribution in [3.8, 4) is 0 Å². The zero-order chi connectivity index (χ0) is 27.9. The Kier molecular flexibility index (Phi) is 7.68. The molecule has 3 aromatic rings. The number of hydrogen-bond donors (Lipinski definition) is 2. The number of fused-ring (bicyclic) bond motifs is 1. The van der Waals surface area contributed by atoms with E-state index in [2.05, 4.69) is 0 Å². The first-order valence-corrected chi connectivity index (χ1v) is 13.1. The fourth-order valence-corrected chi connectivity index (χ4v) is 5.44. The lowest BCUT2D eigenvalue weighted by atomic mass is 9.86. The predicted molar refractivity (Wildman–Crippen MR) is 146 cm³/mol. The molecule has 2 heterocycles. The molecule has 1 aliphatic heterocycles. The molecule has 1 aromatic heterocycles. The maximum atomic E-state index is 15.2. The standard InChI is InChI=1S/C29H32ClFN2O5/c1-5-16-12-23-20(27(36)21(28(37)38)14-33(23)24(15-34)29(2,3)4)11-17(16)9-18-10-19(13-22(30)26(18)31)32-8-6-7-25(32)35/h10-14,24,34H,5-9,15H2,1-4H3,(H,37,38). The summed E-state index contributed by atoms with van der Waals surface area (Å²) in [5.41, 5.74) is 1.32. The summed E-state index contributed by atoms with van der Waals surface area (Å²) < 4.78 is 16.9. The number of hydrogen-bond acceptors (Lipinski definition) is 4. The first-order valence-electron chi connectivity index (χ1n) is 12.7. The highest BCUT2D eigenvalue weighted by Gasteiger charge is 2.29. The van der Waals surface area contributed by atoms with E-state index < -0.39 is 34.2 Å². The Balaban J connectivity index is 1.93. The highest BCUT2D eigenvalue weighted by molar-refractivity contribution is 6.31. The van der Waals surface area contributed by atoms with Crippen LogP contribution in [0.25, 0.3) is 10.9 Å². The van der Waals surface area contributed by atoms with Gasteiger partial charge in [0.1, 0.15) is 11.4 Å². The second-order valence-electron chi connectivity index (χ2n) is 10.9. The predicted octanol–water partition coefficient (Wildman–Crippen LogP) is 5.35. The van der Waals surface area contributed by atoms with Gasteiger partial charge < -0.3 is 19.7 Å². The number of aromatic carboxylic acids is 1. The van der Waals surface area contributed by atoms with Crippen LogP contribution in [-0.2, 0) is 17.6 Å². The number of aryl methyl sites for hydroxylation is 1. The van der Waals surface area contributed by atoms with E-state index in [0.717, 1.165) is 12.0 Å². The number of carboxylic acids is 1. The first kappa shape index (κ1) is 27.8. The number of aliphatic hydroxyl groups is 1. The quantitative estimate of drug-likeness (QED) is 0.419. The van der Waals surface area contributed by atoms with E-state index in [4.69, 9.17) is 11.6 Å². The third kappa shape index (κ3) is 5.07. The van der Waals surface area contributed by atoms with Crippen LogP contribution in [0.2, 0.25) is 5.02 Å². The molecule has 0 radical (unpaired) electrons. The van der Waals surface area contributed by atoms with Crippen LogP contribution in [0.15, 0.2) is 35.3 Å². The number of rotatable bonds is 7. The minimum Gasteiger partial charge on any atom is -0.477 e. The third-order valence-electron chi connectivity index (χ3n) is 7.33. The average molecular weight is 543 g/mol. The molecule has 9 heteroatoms. The normalized spacial score (nSPS) is 14.9. The monoisotopic (exact) mass is 542 g/mol. The summed E-state index contributed by atoms with van der Waals surface area (Å²) in [6.07, 6.45) is 3.11. The van der Waals surface area contributed by atoms with Gasteiger partial charge in [-0.05, 0) is 59.2 Å². The Hall–Kier alpha value is -3.23. The van der Waals surface area contributed by atoms with E-state index in [9.17, 15) is 24.6 Å². The number of amides is 1. The van der Waals surface area contributed by atoms with Gasteiger partial charge in [-0.15, -0.1) is 0 Å². The Morgan fingerprint density at radius 1 is 1.13 bits per heavy atom. The number of carbonyl (C=O) groups is 2. The fraction of sp³-hybridized carbons (Fsp3) is 0.414. The Labute approximate surface area is 225 Å². The van der Waals surface area contributed by atoms with Crippen LogP contribution in [0.4, 0.5) is 10.1 Å². The second-order valence-corrected chi connectivity index (χ2v) is 11.3. The van der Waals surface area contributed by atoms with Crippen LogP contribution >= 0.6 is 11.6 Å². The number of carbonyl (C=O) groups excluding carboxylic acids is 1. The van der Waals surface area contributed by atoms with Crippen molar-refractivity contribution in [1.29, 1.82) is 0 Å². The van der Waals surface area contributed by atoms with E-state index in [1.807, 2.05) is 33.8 Å². The number of aromatic nitrogens is 1. The summed E-state index contributed by atoms with van der Waals surface area (Å²) in [7, 11) is 0. The van der Waals surface area contributed by atoms with E-state index in [0.29, 0.717) is 36.2 Å². The molecule has 1 atom stereocenters. The molecular formula is C29H32ClFN2O5. The Bertz CT molecular complexity index is 1490. The van der Waals surface area contributed by atoms with Crippen LogP contribution in [0, 0.1) is 11.2 Å². The van der Waals surface area contributed by atoms with Gasteiger partial charge in [-0.3, -0.25) is 9.59 Å². The van der Waals surface area contributed by atoms with Crippen molar-refractivity contribution in [3.05, 3.63) is 73.8 Å². The molecule has 2 aromatic carbocycles. The van der Waals surface area contributed by atoms with E-state index in [1.54, 1.807) is 21.6 Å². The molecule has 0 saturated carbocycles. The number of pyridine rings is 1. The van der Waals surface area contributed by atoms with Gasteiger partial charge in [0.2, 0.25) is 11.3 Å². The van der Waals surface area contributed by atoms with Crippen LogP contribution in [0.5, 0.6) is 0 Å². The molecule has 1 saturated heterocycles. The summed E-state index contributed by atoms with van der Waals surface area (Å²) >= 11 is 6.22. The highest BCUT2D eigenvalue weighted by atomic mass is 35.5. The van der Waals surface area contributed by atoms with Crippen molar-refractivity contribution in [2.45, 2.75) is 59.4 Å². The third-order valence-corrected chi connectivity index (χ3v) is 7.60. The molecule has 0 bridgehead atoms. The van der Waals surface area contributed by atoms with Crippen molar-refractivity contribution >= 4 is 40.1 Å². The maximum absolute atomic E-state index is 15.2. The number of nitrogens with zero attached hydrogens (tertiary/aromatic N) is 2. The molecule has 0 spiro atoms. The molecular weight excluding hydrogens is 511 g/mol. The molecule has 7 nitrogen and oxygen atoms in total. The van der Waals surface area contributed by atoms with Crippen LogP contribution in [0.1, 0.15) is 73.6 Å². The summed E-state index contributed by atoms with van der Waals surface area (Å²) in [6.45, 7) is 8.01. The van der Waals surface area contributed by atoms with Crippen molar-refractivity contribution < 1.29 is 24.2 Å². The SMILES string of the molecule is CCc1cc2c(cc1Cc1cc(N3CCCC3=O)cc(Cl)c1F)c(=O)c(C(=O)O)cn2C(CO)C(C)(C)C. The van der Waals surface area contributed by atoms with E-state index in [1.165, 1.54) is 12.3 Å². The Morgan fingerprint density at radius 3 is 2.39 bits per heavy atom. The van der Waals surface area contributed by atoms with Crippen molar-refractivity contribution in [1.82, 2.24) is 4.57 Å². The summed E-state index contributed by atoms with van der Waals surface area (Å²) in [4.78, 5) is 39.1. The number of aliphatic hydroxyl groups excluding tert-OH is 1. The zero-order valence-corrected chi connectivity index (χ0v) is 22.7. The average Bonchev–Trinajstić information content (AvgIpc) is 3.28. The van der Waals surface area contributed by atoms with Gasteiger partial charge in [0.05, 0.1) is 23.2 Å². The van der Waals surface area contributed by atoms with Crippen LogP contribution < -0.4 is 10.3 Å². The minimum atomic E-state index is -1.36. The summed E-state index contributed by atoms with van der Waals surface area (Å²) in [5.74, 6) is -2.01. The summed E-state index contributed by atoms with van der Waals surface area (Å²) in [6, 6.07) is 6.01. The topological polar surface area (TPSA) is 99.8 Å². The van der Waals surface area contributed by atoms with Crippen LogP contribution in [-0.4, -0.2) is 39.8 Å². The van der Waals surface area contributed by atoms with Gasteiger partial charge in [0, 0.05) is 36.7 Å². The molecule has 202 valence electrons. The first-order chi connectivity index (χ1) is 17.9. The van der Waals surface area contributed by atoms with Gasteiger partial charge >= 0.3 is 5.97 Å². The smallest absolute Gasteiger partial charge is 0.341 e. The molecule has 1 aliphatic rings. The molecule has 0 aliphatic carbocycles. The van der Waals surface area contributed by atoms with Crippen molar-refractivity contribution in [3.63, 3.8) is 0 Å². The van der Waals surface area contributed by atoms with E-state index >= 15 is 4.39 Å². The van der Waals surface area contributed by atoms with Crippen LogP contribution in [0.3, 0.4) is 0 Å². The van der Waals surface area contributed by atoms with Gasteiger partial charge in [-0.1, -0.05) is 39.3 Å². The summed E-state index contributed by atoms with van der Waals surface area (Å²) in [5, 5.41) is 20.1. The molecule has 1 amide bonds. The van der Waals surface area contributed by atoms with E-state index in [-0.39, 0.29) is 34.9 Å². The molecule has 2 N–H and O–H groups in total. The lowest BCUT2D eigenvalue weighted by Gasteiger charge is -2.33. The molecule has 4 rings (SSSR count). The fourth-order valence-electron chi connectivity index (χ4n) is 5.21. The maximum Gasteiger partial charge on any atom is 0.341 e.